The standard InChI is InChI=1S/C16H23NO4/c1-19-14-5-4-13(11-15(14)20-2)17-16(18)6-3-12-7-9-21-10-8-12/h4-5,11-12H,3,6-10H2,1-2H3,(H,17,18). The molecule has 0 atom stereocenters. The van der Waals surface area contributed by atoms with Gasteiger partial charge in [-0.05, 0) is 37.3 Å². The monoisotopic (exact) mass is 293 g/mol. The van der Waals surface area contributed by atoms with Crippen LogP contribution in [0.25, 0.3) is 0 Å². The van der Waals surface area contributed by atoms with Crippen molar-refractivity contribution in [2.75, 3.05) is 32.8 Å². The molecule has 5 nitrogen and oxygen atoms in total. The van der Waals surface area contributed by atoms with E-state index in [2.05, 4.69) is 5.32 Å². The number of amides is 1. The van der Waals surface area contributed by atoms with Gasteiger partial charge >= 0.3 is 0 Å². The number of hydrogen-bond acceptors (Lipinski definition) is 4. The summed E-state index contributed by atoms with van der Waals surface area (Å²) >= 11 is 0. The Morgan fingerprint density at radius 3 is 2.62 bits per heavy atom. The van der Waals surface area contributed by atoms with E-state index >= 15 is 0 Å². The summed E-state index contributed by atoms with van der Waals surface area (Å²) in [5, 5.41) is 2.90. The summed E-state index contributed by atoms with van der Waals surface area (Å²) in [6.45, 7) is 1.64. The number of rotatable bonds is 6. The normalized spacial score (nSPS) is 15.5. The molecule has 0 aromatic heterocycles. The molecule has 2 rings (SSSR count). The molecular formula is C16H23NO4. The Balaban J connectivity index is 1.84. The molecule has 0 bridgehead atoms. The largest absolute Gasteiger partial charge is 0.493 e. The average Bonchev–Trinajstić information content (AvgIpc) is 2.53. The Labute approximate surface area is 125 Å². The maximum atomic E-state index is 12.0. The van der Waals surface area contributed by atoms with Crippen molar-refractivity contribution < 1.29 is 19.0 Å². The number of methoxy groups -OCH3 is 2. The highest BCUT2D eigenvalue weighted by atomic mass is 16.5. The molecular weight excluding hydrogens is 270 g/mol. The van der Waals surface area contributed by atoms with Crippen LogP contribution in [0, 0.1) is 5.92 Å². The molecule has 0 spiro atoms. The summed E-state index contributed by atoms with van der Waals surface area (Å²) in [7, 11) is 3.17. The van der Waals surface area contributed by atoms with Crippen LogP contribution in [0.15, 0.2) is 18.2 Å². The number of carbonyl (C=O) groups excluding carboxylic acids is 1. The molecule has 1 aromatic rings. The SMILES string of the molecule is COc1ccc(NC(=O)CCC2CCOCC2)cc1OC. The maximum Gasteiger partial charge on any atom is 0.224 e. The topological polar surface area (TPSA) is 56.8 Å². The van der Waals surface area contributed by atoms with Crippen molar-refractivity contribution in [1.82, 2.24) is 0 Å². The van der Waals surface area contributed by atoms with Crippen molar-refractivity contribution in [3.8, 4) is 11.5 Å². The van der Waals surface area contributed by atoms with Gasteiger partial charge in [0.05, 0.1) is 14.2 Å². The molecule has 1 N–H and O–H groups in total. The van der Waals surface area contributed by atoms with Gasteiger partial charge in [-0.25, -0.2) is 0 Å². The minimum atomic E-state index is 0.0358. The molecule has 0 aliphatic carbocycles. The van der Waals surface area contributed by atoms with Gasteiger partial charge in [0, 0.05) is 31.4 Å². The Hall–Kier alpha value is -1.75. The lowest BCUT2D eigenvalue weighted by atomic mass is 9.95. The van der Waals surface area contributed by atoms with Gasteiger partial charge in [-0.2, -0.15) is 0 Å². The molecule has 5 heteroatoms. The molecule has 21 heavy (non-hydrogen) atoms. The van der Waals surface area contributed by atoms with Crippen molar-refractivity contribution >= 4 is 11.6 Å². The van der Waals surface area contributed by atoms with Crippen molar-refractivity contribution in [3.05, 3.63) is 18.2 Å². The van der Waals surface area contributed by atoms with Crippen LogP contribution in [0.1, 0.15) is 25.7 Å². The number of anilines is 1. The van der Waals surface area contributed by atoms with E-state index in [1.54, 1.807) is 26.4 Å². The summed E-state index contributed by atoms with van der Waals surface area (Å²) in [6.07, 6.45) is 3.58. The van der Waals surface area contributed by atoms with Gasteiger partial charge in [-0.3, -0.25) is 4.79 Å². The molecule has 1 amide bonds. The van der Waals surface area contributed by atoms with E-state index in [4.69, 9.17) is 14.2 Å². The Morgan fingerprint density at radius 1 is 1.24 bits per heavy atom. The minimum absolute atomic E-state index is 0.0358. The Bertz CT molecular complexity index is 469. The van der Waals surface area contributed by atoms with Gasteiger partial charge in [0.25, 0.3) is 0 Å². The van der Waals surface area contributed by atoms with Gasteiger partial charge in [0.1, 0.15) is 0 Å². The fraction of sp³-hybridized carbons (Fsp3) is 0.562. The fourth-order valence-corrected chi connectivity index (χ4v) is 2.51. The third kappa shape index (κ3) is 4.63. The van der Waals surface area contributed by atoms with Crippen LogP contribution in [-0.4, -0.2) is 33.3 Å². The van der Waals surface area contributed by atoms with Gasteiger partial charge < -0.3 is 19.5 Å². The van der Waals surface area contributed by atoms with E-state index in [0.717, 1.165) is 38.2 Å². The first-order valence-corrected chi connectivity index (χ1v) is 7.32. The zero-order valence-corrected chi connectivity index (χ0v) is 12.7. The summed E-state index contributed by atoms with van der Waals surface area (Å²) in [5.74, 6) is 1.90. The highest BCUT2D eigenvalue weighted by Gasteiger charge is 2.15. The Morgan fingerprint density at radius 2 is 1.95 bits per heavy atom. The van der Waals surface area contributed by atoms with Crippen LogP contribution in [0.5, 0.6) is 11.5 Å². The van der Waals surface area contributed by atoms with E-state index in [1.165, 1.54) is 0 Å². The molecule has 1 fully saturated rings. The smallest absolute Gasteiger partial charge is 0.224 e. The number of carbonyl (C=O) groups is 1. The van der Waals surface area contributed by atoms with Crippen LogP contribution < -0.4 is 14.8 Å². The second kappa shape index (κ2) is 7.88. The van der Waals surface area contributed by atoms with Crippen molar-refractivity contribution in [3.63, 3.8) is 0 Å². The molecule has 1 saturated heterocycles. The van der Waals surface area contributed by atoms with Gasteiger partial charge in [0.2, 0.25) is 5.91 Å². The number of nitrogens with one attached hydrogen (secondary N) is 1. The minimum Gasteiger partial charge on any atom is -0.493 e. The lowest BCUT2D eigenvalue weighted by molar-refractivity contribution is -0.116. The lowest BCUT2D eigenvalue weighted by Gasteiger charge is -2.21. The van der Waals surface area contributed by atoms with Crippen LogP contribution >= 0.6 is 0 Å². The van der Waals surface area contributed by atoms with Crippen LogP contribution in [0.3, 0.4) is 0 Å². The third-order valence-corrected chi connectivity index (χ3v) is 3.79. The predicted octanol–water partition coefficient (Wildman–Crippen LogP) is 2.85. The molecule has 116 valence electrons. The first-order chi connectivity index (χ1) is 10.2. The van der Waals surface area contributed by atoms with E-state index in [-0.39, 0.29) is 5.91 Å². The number of hydrogen-bond donors (Lipinski definition) is 1. The predicted molar refractivity (Wildman–Crippen MR) is 81.0 cm³/mol. The molecule has 1 aliphatic heterocycles. The molecule has 1 aliphatic rings. The Kier molecular flexibility index (Phi) is 5.87. The fourth-order valence-electron chi connectivity index (χ4n) is 2.51. The summed E-state index contributed by atoms with van der Waals surface area (Å²) in [4.78, 5) is 12.0. The van der Waals surface area contributed by atoms with Gasteiger partial charge in [-0.15, -0.1) is 0 Å². The molecule has 1 aromatic carbocycles. The van der Waals surface area contributed by atoms with Crippen LogP contribution in [0.2, 0.25) is 0 Å². The summed E-state index contributed by atoms with van der Waals surface area (Å²) in [6, 6.07) is 5.37. The molecule has 1 heterocycles. The molecule has 0 saturated carbocycles. The molecule has 0 radical (unpaired) electrons. The zero-order chi connectivity index (χ0) is 15.1. The zero-order valence-electron chi connectivity index (χ0n) is 12.7. The highest BCUT2D eigenvalue weighted by molar-refractivity contribution is 5.91. The third-order valence-electron chi connectivity index (χ3n) is 3.79. The van der Waals surface area contributed by atoms with Crippen molar-refractivity contribution in [1.29, 1.82) is 0 Å². The summed E-state index contributed by atoms with van der Waals surface area (Å²) < 4.78 is 15.7. The molecule has 0 unspecified atom stereocenters. The first-order valence-electron chi connectivity index (χ1n) is 7.32. The first kappa shape index (κ1) is 15.6. The maximum absolute atomic E-state index is 12.0. The average molecular weight is 293 g/mol. The highest BCUT2D eigenvalue weighted by Crippen LogP contribution is 2.30. The van der Waals surface area contributed by atoms with E-state index in [1.807, 2.05) is 6.07 Å². The van der Waals surface area contributed by atoms with Crippen LogP contribution in [-0.2, 0) is 9.53 Å². The van der Waals surface area contributed by atoms with Gasteiger partial charge in [-0.1, -0.05) is 0 Å². The van der Waals surface area contributed by atoms with Crippen molar-refractivity contribution in [2.24, 2.45) is 5.92 Å². The quantitative estimate of drug-likeness (QED) is 0.876. The number of ether oxygens (including phenoxy) is 3. The van der Waals surface area contributed by atoms with Gasteiger partial charge in [0.15, 0.2) is 11.5 Å². The number of benzene rings is 1. The second-order valence-corrected chi connectivity index (χ2v) is 5.21. The van der Waals surface area contributed by atoms with E-state index in [0.29, 0.717) is 23.8 Å². The van der Waals surface area contributed by atoms with Crippen molar-refractivity contribution in [2.45, 2.75) is 25.7 Å². The van der Waals surface area contributed by atoms with E-state index in [9.17, 15) is 4.79 Å². The summed E-state index contributed by atoms with van der Waals surface area (Å²) in [5.41, 5.74) is 0.727. The van der Waals surface area contributed by atoms with Crippen LogP contribution in [0.4, 0.5) is 5.69 Å². The lowest BCUT2D eigenvalue weighted by Crippen LogP contribution is -2.18. The second-order valence-electron chi connectivity index (χ2n) is 5.21. The van der Waals surface area contributed by atoms with E-state index < -0.39 is 0 Å².